The molecule has 4 nitrogen and oxygen atoms in total. The molecular formula is C28H24O4S2. The molecule has 0 saturated heterocycles. The van der Waals surface area contributed by atoms with Gasteiger partial charge in [0.2, 0.25) is 0 Å². The van der Waals surface area contributed by atoms with Gasteiger partial charge in [-0.2, -0.15) is 22.7 Å². The minimum Gasteiger partial charge on any atom is -0.493 e. The first-order chi connectivity index (χ1) is 16.8. The van der Waals surface area contributed by atoms with Gasteiger partial charge in [-0.1, -0.05) is 0 Å². The monoisotopic (exact) mass is 488 g/mol. The molecule has 172 valence electrons. The van der Waals surface area contributed by atoms with Crippen LogP contribution >= 0.6 is 22.7 Å². The van der Waals surface area contributed by atoms with E-state index >= 15 is 0 Å². The Kier molecular flexibility index (Phi) is 7.28. The average Bonchev–Trinajstić information content (AvgIpc) is 3.50. The maximum atomic E-state index is 5.95. The lowest BCUT2D eigenvalue weighted by Crippen LogP contribution is -2.03. The van der Waals surface area contributed by atoms with Crippen molar-refractivity contribution in [1.29, 1.82) is 0 Å². The number of thiophene rings is 2. The van der Waals surface area contributed by atoms with Crippen molar-refractivity contribution in [2.75, 3.05) is 13.2 Å². The molecule has 0 radical (unpaired) electrons. The van der Waals surface area contributed by atoms with Crippen LogP contribution in [0.15, 0.2) is 82.6 Å². The van der Waals surface area contributed by atoms with Crippen LogP contribution in [0.25, 0.3) is 12.2 Å². The van der Waals surface area contributed by atoms with E-state index in [9.17, 15) is 0 Å². The van der Waals surface area contributed by atoms with E-state index < -0.39 is 0 Å². The van der Waals surface area contributed by atoms with Crippen molar-refractivity contribution in [2.45, 2.75) is 12.8 Å². The highest BCUT2D eigenvalue weighted by atomic mass is 32.1. The third kappa shape index (κ3) is 5.90. The molecule has 34 heavy (non-hydrogen) atoms. The molecule has 0 amide bonds. The van der Waals surface area contributed by atoms with Crippen LogP contribution in [-0.2, 0) is 12.8 Å². The molecule has 8 rings (SSSR count). The quantitative estimate of drug-likeness (QED) is 0.257. The number of rotatable bonds is 0. The van der Waals surface area contributed by atoms with Crippen LogP contribution < -0.4 is 18.9 Å². The van der Waals surface area contributed by atoms with Crippen molar-refractivity contribution in [1.82, 2.24) is 0 Å². The van der Waals surface area contributed by atoms with Crippen molar-refractivity contribution < 1.29 is 18.9 Å². The smallest absolute Gasteiger partial charge is 0.126 e. The van der Waals surface area contributed by atoms with Crippen LogP contribution in [-0.4, -0.2) is 13.2 Å². The molecule has 0 fully saturated rings. The second-order valence-electron chi connectivity index (χ2n) is 7.69. The predicted molar refractivity (Wildman–Crippen MR) is 139 cm³/mol. The maximum absolute atomic E-state index is 5.95. The van der Waals surface area contributed by atoms with Gasteiger partial charge in [0.25, 0.3) is 0 Å². The second-order valence-corrected chi connectivity index (χ2v) is 9.17. The van der Waals surface area contributed by atoms with Gasteiger partial charge < -0.3 is 18.9 Å². The SMILES string of the molecule is C1=C\c2cscc2CCOc2ccc(cc2)OCCc2cscc2/C=C\Oc2ccc(cc2)O/1. The van der Waals surface area contributed by atoms with E-state index in [1.807, 2.05) is 60.7 Å². The molecule has 4 aliphatic heterocycles. The minimum atomic E-state index is 0.606. The predicted octanol–water partition coefficient (Wildman–Crippen LogP) is 7.47. The molecule has 6 heteroatoms. The Morgan fingerprint density at radius 2 is 0.912 bits per heavy atom. The number of hydrogen-bond donors (Lipinski definition) is 0. The first kappa shape index (κ1) is 22.3. The normalized spacial score (nSPS) is 16.0. The Morgan fingerprint density at radius 1 is 0.500 bits per heavy atom. The van der Waals surface area contributed by atoms with E-state index in [1.165, 1.54) is 11.1 Å². The first-order valence-corrected chi connectivity index (χ1v) is 12.9. The number of hydrogen-bond acceptors (Lipinski definition) is 6. The lowest BCUT2D eigenvalue weighted by Gasteiger charge is -2.09. The Bertz CT molecular complexity index is 1150. The van der Waals surface area contributed by atoms with Crippen molar-refractivity contribution in [3.8, 4) is 23.0 Å². The molecule has 0 spiro atoms. The van der Waals surface area contributed by atoms with Crippen LogP contribution in [0.3, 0.4) is 0 Å². The summed E-state index contributed by atoms with van der Waals surface area (Å²) in [6.07, 6.45) is 9.06. The summed E-state index contributed by atoms with van der Waals surface area (Å²) in [5.41, 5.74) is 4.76. The summed E-state index contributed by atoms with van der Waals surface area (Å²) in [4.78, 5) is 0. The van der Waals surface area contributed by atoms with Gasteiger partial charge in [-0.05, 0) is 104 Å². The second kappa shape index (κ2) is 11.1. The van der Waals surface area contributed by atoms with Crippen LogP contribution in [0, 0.1) is 0 Å². The summed E-state index contributed by atoms with van der Waals surface area (Å²) in [7, 11) is 0. The van der Waals surface area contributed by atoms with E-state index in [2.05, 4.69) is 21.5 Å². The molecule has 6 heterocycles. The maximum Gasteiger partial charge on any atom is 0.126 e. The molecule has 0 unspecified atom stereocenters. The van der Waals surface area contributed by atoms with E-state index in [0.29, 0.717) is 13.2 Å². The third-order valence-electron chi connectivity index (χ3n) is 5.38. The van der Waals surface area contributed by atoms with Gasteiger partial charge in [0.15, 0.2) is 0 Å². The van der Waals surface area contributed by atoms with Crippen molar-refractivity contribution >= 4 is 34.8 Å². The van der Waals surface area contributed by atoms with Gasteiger partial charge in [-0.25, -0.2) is 0 Å². The fraction of sp³-hybridized carbons (Fsp3) is 0.143. The zero-order valence-electron chi connectivity index (χ0n) is 18.5. The highest BCUT2D eigenvalue weighted by Crippen LogP contribution is 2.23. The van der Waals surface area contributed by atoms with Crippen molar-refractivity contribution in [3.05, 3.63) is 105 Å². The van der Waals surface area contributed by atoms with Gasteiger partial charge in [0.1, 0.15) is 23.0 Å². The van der Waals surface area contributed by atoms with Gasteiger partial charge in [-0.15, -0.1) is 0 Å². The molecule has 0 atom stereocenters. The van der Waals surface area contributed by atoms with E-state index in [1.54, 1.807) is 35.2 Å². The minimum absolute atomic E-state index is 0.606. The third-order valence-corrected chi connectivity index (χ3v) is 7.00. The standard InChI is InChI=1S/C28H24O4S2/c1-2-26-4-3-25(1)29-13-9-21-17-33-19-23(21)11-15-31-27-5-7-28(8-6-27)32-16-12-24-20-34-18-22(24)10-14-30-26/h1-10,13-14,17-20H,11-12,15-16H2/b13-9-,14-10-. The van der Waals surface area contributed by atoms with Gasteiger partial charge in [0.05, 0.1) is 25.7 Å². The summed E-state index contributed by atoms with van der Waals surface area (Å²) in [6.45, 7) is 1.21. The van der Waals surface area contributed by atoms with E-state index in [-0.39, 0.29) is 0 Å². The average molecular weight is 489 g/mol. The zero-order chi connectivity index (χ0) is 23.0. The van der Waals surface area contributed by atoms with Crippen LogP contribution in [0.1, 0.15) is 22.3 Å². The lowest BCUT2D eigenvalue weighted by molar-refractivity contribution is 0.313. The molecule has 4 aromatic rings. The van der Waals surface area contributed by atoms with Crippen LogP contribution in [0.2, 0.25) is 0 Å². The van der Waals surface area contributed by atoms with Gasteiger partial charge in [0, 0.05) is 12.8 Å². The number of benzene rings is 2. The van der Waals surface area contributed by atoms with Gasteiger partial charge >= 0.3 is 0 Å². The summed E-state index contributed by atoms with van der Waals surface area (Å²) < 4.78 is 23.5. The highest BCUT2D eigenvalue weighted by Gasteiger charge is 2.05. The van der Waals surface area contributed by atoms with E-state index in [4.69, 9.17) is 18.9 Å². The fourth-order valence-corrected chi connectivity index (χ4v) is 5.25. The van der Waals surface area contributed by atoms with Crippen molar-refractivity contribution in [2.24, 2.45) is 0 Å². The zero-order valence-corrected chi connectivity index (χ0v) is 20.1. The molecule has 2 aromatic carbocycles. The Labute approximate surface area is 207 Å². The topological polar surface area (TPSA) is 36.9 Å². The highest BCUT2D eigenvalue weighted by molar-refractivity contribution is 7.08. The Hall–Kier alpha value is -3.48. The Morgan fingerprint density at radius 3 is 1.35 bits per heavy atom. The lowest BCUT2D eigenvalue weighted by atomic mass is 10.1. The van der Waals surface area contributed by atoms with Gasteiger partial charge in [-0.3, -0.25) is 0 Å². The van der Waals surface area contributed by atoms with Crippen molar-refractivity contribution in [3.63, 3.8) is 0 Å². The Balaban J connectivity index is 1.33. The molecule has 4 bridgehead atoms. The summed E-state index contributed by atoms with van der Waals surface area (Å²) in [5.74, 6) is 3.19. The first-order valence-electron chi connectivity index (χ1n) is 11.1. The summed E-state index contributed by atoms with van der Waals surface area (Å²) in [5, 5.41) is 8.55. The summed E-state index contributed by atoms with van der Waals surface area (Å²) >= 11 is 3.36. The molecule has 0 aliphatic carbocycles. The molecular weight excluding hydrogens is 464 g/mol. The molecule has 0 N–H and O–H groups in total. The largest absolute Gasteiger partial charge is 0.493 e. The fourth-order valence-electron chi connectivity index (χ4n) is 3.52. The number of ether oxygens (including phenoxy) is 4. The van der Waals surface area contributed by atoms with E-state index in [0.717, 1.165) is 47.0 Å². The van der Waals surface area contributed by atoms with Crippen LogP contribution in [0.5, 0.6) is 23.0 Å². The molecule has 0 saturated carbocycles. The van der Waals surface area contributed by atoms with Crippen LogP contribution in [0.4, 0.5) is 0 Å². The summed E-state index contributed by atoms with van der Waals surface area (Å²) in [6, 6.07) is 15.4. The molecule has 4 aliphatic rings. The molecule has 2 aromatic heterocycles.